The van der Waals surface area contributed by atoms with Gasteiger partial charge in [0, 0.05) is 0 Å². The van der Waals surface area contributed by atoms with Crippen LogP contribution in [0, 0.1) is 0 Å². The summed E-state index contributed by atoms with van der Waals surface area (Å²) < 4.78 is 7.74. The molecule has 0 amide bonds. The van der Waals surface area contributed by atoms with E-state index in [2.05, 4.69) is 45.2 Å². The van der Waals surface area contributed by atoms with Crippen molar-refractivity contribution in [3.05, 3.63) is 76.0 Å². The first-order valence-corrected chi connectivity index (χ1v) is 9.64. The number of esters is 1. The van der Waals surface area contributed by atoms with Gasteiger partial charge in [-0.05, 0) is 40.0 Å². The summed E-state index contributed by atoms with van der Waals surface area (Å²) in [5, 5.41) is 0.914. The summed E-state index contributed by atoms with van der Waals surface area (Å²) in [6.07, 6.45) is 0. The third-order valence-corrected chi connectivity index (χ3v) is 6.02. The fourth-order valence-electron chi connectivity index (χ4n) is 2.96. The second kappa shape index (κ2) is 6.69. The predicted molar refractivity (Wildman–Crippen MR) is 101 cm³/mol. The van der Waals surface area contributed by atoms with Gasteiger partial charge in [0.15, 0.2) is 10.9 Å². The number of halogens is 1. The van der Waals surface area contributed by atoms with Crippen LogP contribution >= 0.6 is 27.7 Å². The molecule has 1 aromatic heterocycles. The Bertz CT molecular complexity index is 940. The summed E-state index contributed by atoms with van der Waals surface area (Å²) in [6, 6.07) is 18.5. The molecule has 1 unspecified atom stereocenters. The Morgan fingerprint density at radius 1 is 1.20 bits per heavy atom. The van der Waals surface area contributed by atoms with Crippen molar-refractivity contribution in [1.29, 1.82) is 0 Å². The smallest absolute Gasteiger partial charge is 0.359 e. The van der Waals surface area contributed by atoms with E-state index < -0.39 is 5.97 Å². The van der Waals surface area contributed by atoms with E-state index in [1.54, 1.807) is 18.7 Å². The highest BCUT2D eigenvalue weighted by molar-refractivity contribution is 9.10. The molecule has 0 radical (unpaired) electrons. The van der Waals surface area contributed by atoms with Gasteiger partial charge in [-0.3, -0.25) is 4.57 Å². The molecule has 2 heterocycles. The van der Waals surface area contributed by atoms with E-state index in [4.69, 9.17) is 4.74 Å². The number of carbonyl (C=O) groups excluding carboxylic acids is 1. The fourth-order valence-corrected chi connectivity index (χ4v) is 4.95. The Hall–Kier alpha value is -2.05. The van der Waals surface area contributed by atoms with Gasteiger partial charge in [-0.2, -0.15) is 0 Å². The van der Waals surface area contributed by atoms with Crippen molar-refractivity contribution >= 4 is 33.7 Å². The molecule has 0 spiro atoms. The molecule has 4 nitrogen and oxygen atoms in total. The summed E-state index contributed by atoms with van der Waals surface area (Å²) in [4.78, 5) is 16.8. The highest BCUT2D eigenvalue weighted by atomic mass is 79.9. The lowest BCUT2D eigenvalue weighted by Gasteiger charge is -2.26. The average molecular weight is 415 g/mol. The quantitative estimate of drug-likeness (QED) is 0.565. The molecule has 0 N–H and O–H groups in total. The minimum atomic E-state index is -0.411. The van der Waals surface area contributed by atoms with Crippen molar-refractivity contribution < 1.29 is 9.53 Å². The molecular formula is C19H15BrN2O2S. The summed E-state index contributed by atoms with van der Waals surface area (Å²) in [5.74, 6) is -0.411. The van der Waals surface area contributed by atoms with Crippen molar-refractivity contribution in [2.45, 2.75) is 17.3 Å². The van der Waals surface area contributed by atoms with E-state index in [1.165, 1.54) is 11.1 Å². The lowest BCUT2D eigenvalue weighted by molar-refractivity contribution is 0.0518. The Morgan fingerprint density at radius 3 is 2.68 bits per heavy atom. The van der Waals surface area contributed by atoms with Crippen LogP contribution in [0.2, 0.25) is 0 Å². The van der Waals surface area contributed by atoms with Gasteiger partial charge in [-0.25, -0.2) is 9.78 Å². The van der Waals surface area contributed by atoms with Crippen molar-refractivity contribution in [3.63, 3.8) is 0 Å². The van der Waals surface area contributed by atoms with Gasteiger partial charge in [0.05, 0.1) is 17.5 Å². The number of benzene rings is 2. The molecule has 2 aromatic carbocycles. The summed E-state index contributed by atoms with van der Waals surface area (Å²) in [5.41, 5.74) is 3.75. The fraction of sp³-hybridized carbons (Fsp3) is 0.158. The van der Waals surface area contributed by atoms with Crippen molar-refractivity contribution in [3.8, 4) is 5.69 Å². The molecular weight excluding hydrogens is 400 g/mol. The first-order chi connectivity index (χ1) is 12.2. The molecule has 0 saturated carbocycles. The van der Waals surface area contributed by atoms with Crippen LogP contribution in [0.15, 0.2) is 64.4 Å². The average Bonchev–Trinajstić information content (AvgIpc) is 2.99. The molecule has 6 heteroatoms. The van der Waals surface area contributed by atoms with E-state index in [9.17, 15) is 4.79 Å². The van der Waals surface area contributed by atoms with Crippen molar-refractivity contribution in [1.82, 2.24) is 9.55 Å². The molecule has 1 aliphatic rings. The second-order valence-corrected chi connectivity index (χ2v) is 7.38. The van der Waals surface area contributed by atoms with Gasteiger partial charge in [0.2, 0.25) is 0 Å². The Labute approximate surface area is 158 Å². The van der Waals surface area contributed by atoms with E-state index in [0.717, 1.165) is 10.8 Å². The van der Waals surface area contributed by atoms with Crippen molar-refractivity contribution in [2.75, 3.05) is 6.61 Å². The number of carbonyl (C=O) groups is 1. The number of hydrogen-bond donors (Lipinski definition) is 0. The monoisotopic (exact) mass is 414 g/mol. The topological polar surface area (TPSA) is 44.1 Å². The van der Waals surface area contributed by atoms with Gasteiger partial charge < -0.3 is 4.74 Å². The lowest BCUT2D eigenvalue weighted by Crippen LogP contribution is -2.11. The molecule has 0 saturated heterocycles. The summed E-state index contributed by atoms with van der Waals surface area (Å²) >= 11 is 5.18. The van der Waals surface area contributed by atoms with Crippen LogP contribution in [0.1, 0.15) is 33.8 Å². The van der Waals surface area contributed by atoms with Crippen LogP contribution in [-0.4, -0.2) is 22.1 Å². The Balaban J connectivity index is 1.87. The van der Waals surface area contributed by atoms with Crippen LogP contribution in [0.4, 0.5) is 0 Å². The number of rotatable bonds is 3. The van der Waals surface area contributed by atoms with Crippen LogP contribution in [0.5, 0.6) is 0 Å². The summed E-state index contributed by atoms with van der Waals surface area (Å²) in [7, 11) is 0. The zero-order valence-corrected chi connectivity index (χ0v) is 15.9. The maximum absolute atomic E-state index is 12.2. The number of para-hydroxylation sites is 1. The molecule has 126 valence electrons. The van der Waals surface area contributed by atoms with Crippen LogP contribution in [0.25, 0.3) is 5.69 Å². The maximum atomic E-state index is 12.2. The number of aromatic nitrogens is 2. The molecule has 1 atom stereocenters. The largest absolute Gasteiger partial charge is 0.461 e. The molecule has 3 aromatic rings. The molecule has 0 fully saturated rings. The zero-order valence-electron chi connectivity index (χ0n) is 13.5. The van der Waals surface area contributed by atoms with Gasteiger partial charge in [-0.15, -0.1) is 0 Å². The third kappa shape index (κ3) is 2.79. The van der Waals surface area contributed by atoms with E-state index in [-0.39, 0.29) is 5.25 Å². The number of fused-ring (bicyclic) bond motifs is 3. The number of hydrogen-bond acceptors (Lipinski definition) is 4. The Kier molecular flexibility index (Phi) is 4.39. The standard InChI is InChI=1S/C19H15BrN2O2S/c1-2-24-18(23)15-17(20)22-14-11-7-6-10-13(14)16(25-19(22)21-15)12-8-4-3-5-9-12/h3-11,16H,2H2,1H3. The number of thioether (sulfide) groups is 1. The van der Waals surface area contributed by atoms with Gasteiger partial charge in [0.25, 0.3) is 0 Å². The minimum Gasteiger partial charge on any atom is -0.461 e. The predicted octanol–water partition coefficient (Wildman–Crippen LogP) is 5.01. The Morgan fingerprint density at radius 2 is 1.92 bits per heavy atom. The number of ether oxygens (including phenoxy) is 1. The highest BCUT2D eigenvalue weighted by Crippen LogP contribution is 2.48. The molecule has 0 aliphatic carbocycles. The molecule has 0 bridgehead atoms. The normalized spacial score (nSPS) is 15.4. The van der Waals surface area contributed by atoms with Gasteiger partial charge in [0.1, 0.15) is 4.60 Å². The van der Waals surface area contributed by atoms with E-state index in [0.29, 0.717) is 16.9 Å². The van der Waals surface area contributed by atoms with E-state index in [1.807, 2.05) is 34.9 Å². The molecule has 25 heavy (non-hydrogen) atoms. The third-order valence-electron chi connectivity index (χ3n) is 4.04. The zero-order chi connectivity index (χ0) is 17.4. The molecule has 4 rings (SSSR count). The first-order valence-electron chi connectivity index (χ1n) is 7.97. The SMILES string of the molecule is CCOC(=O)c1nc2n(c1Br)-c1ccccc1C(c1ccccc1)S2. The maximum Gasteiger partial charge on any atom is 0.359 e. The highest BCUT2D eigenvalue weighted by Gasteiger charge is 2.32. The van der Waals surface area contributed by atoms with Crippen LogP contribution < -0.4 is 0 Å². The van der Waals surface area contributed by atoms with Gasteiger partial charge in [-0.1, -0.05) is 60.3 Å². The second-order valence-electron chi connectivity index (χ2n) is 5.56. The van der Waals surface area contributed by atoms with Gasteiger partial charge >= 0.3 is 5.97 Å². The van der Waals surface area contributed by atoms with Crippen LogP contribution in [0.3, 0.4) is 0 Å². The summed E-state index contributed by atoms with van der Waals surface area (Å²) in [6.45, 7) is 2.11. The first kappa shape index (κ1) is 16.4. The minimum absolute atomic E-state index is 0.134. The molecule has 1 aliphatic heterocycles. The van der Waals surface area contributed by atoms with Crippen LogP contribution in [-0.2, 0) is 4.74 Å². The number of nitrogens with zero attached hydrogens (tertiary/aromatic N) is 2. The number of imidazole rings is 1. The lowest BCUT2D eigenvalue weighted by atomic mass is 10.0. The van der Waals surface area contributed by atoms with E-state index >= 15 is 0 Å². The van der Waals surface area contributed by atoms with Crippen molar-refractivity contribution in [2.24, 2.45) is 0 Å².